The fourth-order valence-electron chi connectivity index (χ4n) is 2.42. The zero-order valence-electron chi connectivity index (χ0n) is 12.9. The Balaban J connectivity index is 1.93. The fraction of sp³-hybridized carbons (Fsp3) is 0.111. The lowest BCUT2D eigenvalue weighted by Gasteiger charge is -2.23. The Labute approximate surface area is 154 Å². The largest absolute Gasteiger partial charge is 0.425 e. The van der Waals surface area contributed by atoms with Gasteiger partial charge in [-0.1, -0.05) is 47.5 Å². The number of para-hydroxylation sites is 1. The summed E-state index contributed by atoms with van der Waals surface area (Å²) in [6.07, 6.45) is 3.28. The average molecular weight is 377 g/mol. The van der Waals surface area contributed by atoms with Crippen LogP contribution in [0.2, 0.25) is 10.0 Å². The molecular weight excluding hydrogens is 363 g/mol. The highest BCUT2D eigenvalue weighted by Crippen LogP contribution is 2.34. The minimum Gasteiger partial charge on any atom is -0.425 e. The molecule has 0 aliphatic rings. The Kier molecular flexibility index (Phi) is 5.38. The third-order valence-electron chi connectivity index (χ3n) is 3.63. The standard InChI is InChI=1S/C18H14Cl2N2O3/c19-12-6-7-14(15(20)10-12)17(23)16(22-9-8-21-11-22)18(24)25-13-4-2-1-3-5-13/h1-11,16-17,23H. The van der Waals surface area contributed by atoms with Crippen LogP contribution < -0.4 is 4.74 Å². The van der Waals surface area contributed by atoms with Gasteiger partial charge in [-0.25, -0.2) is 9.78 Å². The maximum Gasteiger partial charge on any atom is 0.337 e. The summed E-state index contributed by atoms with van der Waals surface area (Å²) in [7, 11) is 0. The van der Waals surface area contributed by atoms with E-state index in [-0.39, 0.29) is 5.02 Å². The van der Waals surface area contributed by atoms with Crippen molar-refractivity contribution in [3.8, 4) is 5.75 Å². The van der Waals surface area contributed by atoms with Gasteiger partial charge >= 0.3 is 5.97 Å². The molecule has 2 atom stereocenters. The van der Waals surface area contributed by atoms with Crippen molar-refractivity contribution in [3.05, 3.63) is 82.9 Å². The minimum atomic E-state index is -1.24. The molecular formula is C18H14Cl2N2O3. The number of hydrogen-bond donors (Lipinski definition) is 1. The lowest BCUT2D eigenvalue weighted by Crippen LogP contribution is -2.29. The number of rotatable bonds is 5. The Hall–Kier alpha value is -2.34. The molecule has 1 heterocycles. The summed E-state index contributed by atoms with van der Waals surface area (Å²) in [6, 6.07) is 12.3. The molecule has 0 spiro atoms. The number of imidazole rings is 1. The molecule has 0 aliphatic carbocycles. The van der Waals surface area contributed by atoms with Crippen LogP contribution in [0, 0.1) is 0 Å². The van der Waals surface area contributed by atoms with Gasteiger partial charge in [-0.05, 0) is 24.3 Å². The zero-order chi connectivity index (χ0) is 17.8. The Morgan fingerprint density at radius 1 is 1.16 bits per heavy atom. The Morgan fingerprint density at radius 2 is 1.92 bits per heavy atom. The van der Waals surface area contributed by atoms with Crippen LogP contribution in [0.15, 0.2) is 67.3 Å². The van der Waals surface area contributed by atoms with Crippen molar-refractivity contribution < 1.29 is 14.6 Å². The molecule has 0 aliphatic heterocycles. The number of carbonyl (C=O) groups is 1. The van der Waals surface area contributed by atoms with Crippen LogP contribution >= 0.6 is 23.2 Å². The number of carbonyl (C=O) groups excluding carboxylic acids is 1. The number of aliphatic hydroxyl groups excluding tert-OH is 1. The van der Waals surface area contributed by atoms with Gasteiger partial charge < -0.3 is 14.4 Å². The van der Waals surface area contributed by atoms with Gasteiger partial charge in [0, 0.05) is 28.0 Å². The molecule has 25 heavy (non-hydrogen) atoms. The van der Waals surface area contributed by atoms with Crippen molar-refractivity contribution in [1.82, 2.24) is 9.55 Å². The lowest BCUT2D eigenvalue weighted by atomic mass is 10.0. The van der Waals surface area contributed by atoms with Crippen molar-refractivity contribution in [1.29, 1.82) is 0 Å². The molecule has 5 nitrogen and oxygen atoms in total. The van der Waals surface area contributed by atoms with Crippen molar-refractivity contribution >= 4 is 29.2 Å². The molecule has 2 aromatic carbocycles. The molecule has 1 aromatic heterocycles. The van der Waals surface area contributed by atoms with Gasteiger partial charge in [0.2, 0.25) is 0 Å². The van der Waals surface area contributed by atoms with E-state index in [1.807, 2.05) is 6.07 Å². The van der Waals surface area contributed by atoms with E-state index in [0.29, 0.717) is 16.3 Å². The van der Waals surface area contributed by atoms with Crippen molar-refractivity contribution in [3.63, 3.8) is 0 Å². The van der Waals surface area contributed by atoms with Crippen molar-refractivity contribution in [2.75, 3.05) is 0 Å². The van der Waals surface area contributed by atoms with E-state index < -0.39 is 18.1 Å². The van der Waals surface area contributed by atoms with E-state index in [0.717, 1.165) is 0 Å². The number of benzene rings is 2. The summed E-state index contributed by atoms with van der Waals surface area (Å²) in [5.74, 6) is -0.255. The maximum absolute atomic E-state index is 12.7. The van der Waals surface area contributed by atoms with Crippen LogP contribution in [0.4, 0.5) is 0 Å². The molecule has 2 unspecified atom stereocenters. The van der Waals surface area contributed by atoms with Gasteiger partial charge in [0.25, 0.3) is 0 Å². The predicted octanol–water partition coefficient (Wildman–Crippen LogP) is 4.07. The number of aromatic nitrogens is 2. The second-order valence-electron chi connectivity index (χ2n) is 5.30. The van der Waals surface area contributed by atoms with Gasteiger partial charge in [0.1, 0.15) is 11.9 Å². The van der Waals surface area contributed by atoms with Crippen molar-refractivity contribution in [2.45, 2.75) is 12.1 Å². The fourth-order valence-corrected chi connectivity index (χ4v) is 2.94. The molecule has 3 rings (SSSR count). The van der Waals surface area contributed by atoms with Crippen LogP contribution in [0.1, 0.15) is 17.7 Å². The highest BCUT2D eigenvalue weighted by molar-refractivity contribution is 6.35. The molecule has 0 fully saturated rings. The van der Waals surface area contributed by atoms with Crippen LogP contribution in [-0.2, 0) is 4.79 Å². The number of aliphatic hydroxyl groups is 1. The summed E-state index contributed by atoms with van der Waals surface area (Å²) in [6.45, 7) is 0. The molecule has 128 valence electrons. The van der Waals surface area contributed by atoms with Gasteiger partial charge in [-0.15, -0.1) is 0 Å². The Bertz CT molecular complexity index is 854. The number of ether oxygens (including phenoxy) is 1. The Morgan fingerprint density at radius 3 is 2.56 bits per heavy atom. The first-order chi connectivity index (χ1) is 12.1. The molecule has 0 saturated heterocycles. The first-order valence-electron chi connectivity index (χ1n) is 7.43. The lowest BCUT2D eigenvalue weighted by molar-refractivity contribution is -0.142. The summed E-state index contributed by atoms with van der Waals surface area (Å²) >= 11 is 12.1. The normalized spacial score (nSPS) is 13.2. The molecule has 0 saturated carbocycles. The SMILES string of the molecule is O=C(Oc1ccccc1)C(C(O)c1ccc(Cl)cc1Cl)n1ccnc1. The number of halogens is 2. The van der Waals surface area contributed by atoms with Gasteiger partial charge in [0.05, 0.1) is 6.33 Å². The van der Waals surface area contributed by atoms with E-state index in [1.54, 1.807) is 42.6 Å². The van der Waals surface area contributed by atoms with E-state index in [9.17, 15) is 9.90 Å². The number of esters is 1. The van der Waals surface area contributed by atoms with Gasteiger partial charge in [-0.3, -0.25) is 0 Å². The quantitative estimate of drug-likeness (QED) is 0.538. The summed E-state index contributed by atoms with van der Waals surface area (Å²) in [5.41, 5.74) is 0.370. The average Bonchev–Trinajstić information content (AvgIpc) is 3.10. The summed E-state index contributed by atoms with van der Waals surface area (Å²) in [5, 5.41) is 11.5. The molecule has 0 amide bonds. The second kappa shape index (κ2) is 7.70. The number of nitrogens with zero attached hydrogens (tertiary/aromatic N) is 2. The van der Waals surface area contributed by atoms with Gasteiger partial charge in [-0.2, -0.15) is 0 Å². The summed E-state index contributed by atoms with van der Waals surface area (Å²) in [4.78, 5) is 16.6. The molecule has 0 radical (unpaired) electrons. The first-order valence-corrected chi connectivity index (χ1v) is 8.19. The maximum atomic E-state index is 12.7. The zero-order valence-corrected chi connectivity index (χ0v) is 14.4. The van der Waals surface area contributed by atoms with E-state index in [1.165, 1.54) is 23.2 Å². The van der Waals surface area contributed by atoms with E-state index in [2.05, 4.69) is 4.98 Å². The molecule has 3 aromatic rings. The van der Waals surface area contributed by atoms with Crippen LogP contribution in [0.3, 0.4) is 0 Å². The molecule has 1 N–H and O–H groups in total. The van der Waals surface area contributed by atoms with Crippen LogP contribution in [0.25, 0.3) is 0 Å². The molecule has 0 bridgehead atoms. The molecule has 7 heteroatoms. The second-order valence-corrected chi connectivity index (χ2v) is 6.14. The van der Waals surface area contributed by atoms with Gasteiger partial charge in [0.15, 0.2) is 6.04 Å². The highest BCUT2D eigenvalue weighted by atomic mass is 35.5. The van der Waals surface area contributed by atoms with Crippen LogP contribution in [-0.4, -0.2) is 20.6 Å². The third kappa shape index (κ3) is 4.02. The van der Waals surface area contributed by atoms with Crippen molar-refractivity contribution in [2.24, 2.45) is 0 Å². The third-order valence-corrected chi connectivity index (χ3v) is 4.19. The minimum absolute atomic E-state index is 0.262. The first kappa shape index (κ1) is 17.5. The monoisotopic (exact) mass is 376 g/mol. The predicted molar refractivity (Wildman–Crippen MR) is 94.8 cm³/mol. The smallest absolute Gasteiger partial charge is 0.337 e. The van der Waals surface area contributed by atoms with E-state index in [4.69, 9.17) is 27.9 Å². The van der Waals surface area contributed by atoms with Crippen LogP contribution in [0.5, 0.6) is 5.75 Å². The summed E-state index contributed by atoms with van der Waals surface area (Å²) < 4.78 is 6.86. The highest BCUT2D eigenvalue weighted by Gasteiger charge is 2.32. The van der Waals surface area contributed by atoms with E-state index >= 15 is 0 Å². The number of hydrogen-bond acceptors (Lipinski definition) is 4. The topological polar surface area (TPSA) is 64.3 Å².